The van der Waals surface area contributed by atoms with Crippen molar-refractivity contribution in [3.8, 4) is 5.75 Å². The fourth-order valence-corrected chi connectivity index (χ4v) is 3.06. The van der Waals surface area contributed by atoms with Gasteiger partial charge in [-0.3, -0.25) is 0 Å². The molecule has 0 spiro atoms. The molecule has 3 heteroatoms. The van der Waals surface area contributed by atoms with E-state index in [2.05, 4.69) is 43.1 Å². The molecule has 0 aliphatic rings. The lowest BCUT2D eigenvalue weighted by molar-refractivity contribution is 0.414. The molecular formula is C16H27NOS. The van der Waals surface area contributed by atoms with E-state index in [9.17, 15) is 0 Å². The molecule has 19 heavy (non-hydrogen) atoms. The summed E-state index contributed by atoms with van der Waals surface area (Å²) in [6.45, 7) is 5.48. The maximum Gasteiger partial charge on any atom is 0.118 e. The van der Waals surface area contributed by atoms with Gasteiger partial charge in [0, 0.05) is 11.8 Å². The fourth-order valence-electron chi connectivity index (χ4n) is 2.04. The molecule has 0 aliphatic carbocycles. The highest BCUT2D eigenvalue weighted by Gasteiger charge is 2.07. The quantitative estimate of drug-likeness (QED) is 0.660. The molecule has 1 rings (SSSR count). The van der Waals surface area contributed by atoms with Gasteiger partial charge in [-0.1, -0.05) is 26.0 Å². The molecule has 0 heterocycles. The van der Waals surface area contributed by atoms with Gasteiger partial charge in [0.05, 0.1) is 7.11 Å². The average molecular weight is 281 g/mol. The highest BCUT2D eigenvalue weighted by Crippen LogP contribution is 2.14. The second kappa shape index (κ2) is 10.2. The molecule has 0 aliphatic heterocycles. The third kappa shape index (κ3) is 6.88. The lowest BCUT2D eigenvalue weighted by atomic mass is 10.1. The lowest BCUT2D eigenvalue weighted by Crippen LogP contribution is -2.31. The van der Waals surface area contributed by atoms with Crippen LogP contribution in [-0.2, 0) is 6.42 Å². The minimum absolute atomic E-state index is 0.628. The zero-order chi connectivity index (χ0) is 13.9. The first kappa shape index (κ1) is 16.4. The maximum atomic E-state index is 5.18. The standard InChI is InChI=1S/C16H27NOS/c1-4-12-19-13-15(17-5-2)9-6-14-7-10-16(18-3)11-8-14/h7-8,10-11,15,17H,4-6,9,12-13H2,1-3H3. The van der Waals surface area contributed by atoms with Crippen molar-refractivity contribution in [2.45, 2.75) is 39.2 Å². The van der Waals surface area contributed by atoms with Crippen molar-refractivity contribution in [2.24, 2.45) is 0 Å². The summed E-state index contributed by atoms with van der Waals surface area (Å²) in [5, 5.41) is 3.59. The second-order valence-electron chi connectivity index (χ2n) is 4.72. The molecule has 0 radical (unpaired) electrons. The first-order chi connectivity index (χ1) is 9.30. The summed E-state index contributed by atoms with van der Waals surface area (Å²) in [4.78, 5) is 0. The van der Waals surface area contributed by atoms with Gasteiger partial charge in [-0.15, -0.1) is 0 Å². The first-order valence-electron chi connectivity index (χ1n) is 7.24. The van der Waals surface area contributed by atoms with Gasteiger partial charge in [-0.25, -0.2) is 0 Å². The SMILES string of the molecule is CCCSCC(CCc1ccc(OC)cc1)NCC. The van der Waals surface area contributed by atoms with Crippen LogP contribution in [0.2, 0.25) is 0 Å². The number of methoxy groups -OCH3 is 1. The van der Waals surface area contributed by atoms with Gasteiger partial charge in [-0.2, -0.15) is 11.8 Å². The zero-order valence-corrected chi connectivity index (χ0v) is 13.3. The van der Waals surface area contributed by atoms with Crippen LogP contribution in [0.3, 0.4) is 0 Å². The first-order valence-corrected chi connectivity index (χ1v) is 8.39. The van der Waals surface area contributed by atoms with Crippen molar-refractivity contribution < 1.29 is 4.74 Å². The van der Waals surface area contributed by atoms with Crippen LogP contribution >= 0.6 is 11.8 Å². The van der Waals surface area contributed by atoms with E-state index < -0.39 is 0 Å². The number of nitrogens with one attached hydrogen (secondary N) is 1. The molecule has 0 fully saturated rings. The molecule has 0 amide bonds. The largest absolute Gasteiger partial charge is 0.497 e. The predicted molar refractivity (Wildman–Crippen MR) is 86.4 cm³/mol. The predicted octanol–water partition coefficient (Wildman–Crippen LogP) is 3.75. The normalized spacial score (nSPS) is 12.4. The lowest BCUT2D eigenvalue weighted by Gasteiger charge is -2.17. The Kier molecular flexibility index (Phi) is 8.76. The smallest absolute Gasteiger partial charge is 0.118 e. The molecule has 1 aromatic rings. The summed E-state index contributed by atoms with van der Waals surface area (Å²) >= 11 is 2.06. The zero-order valence-electron chi connectivity index (χ0n) is 12.4. The molecule has 2 nitrogen and oxygen atoms in total. The van der Waals surface area contributed by atoms with E-state index in [-0.39, 0.29) is 0 Å². The van der Waals surface area contributed by atoms with Crippen LogP contribution < -0.4 is 10.1 Å². The van der Waals surface area contributed by atoms with Crippen molar-refractivity contribution in [1.82, 2.24) is 5.32 Å². The Labute approximate surface area is 122 Å². The van der Waals surface area contributed by atoms with E-state index in [0.29, 0.717) is 6.04 Å². The van der Waals surface area contributed by atoms with Gasteiger partial charge >= 0.3 is 0 Å². The molecule has 0 saturated heterocycles. The summed E-state index contributed by atoms with van der Waals surface area (Å²) in [6.07, 6.45) is 3.60. The molecule has 1 N–H and O–H groups in total. The Morgan fingerprint density at radius 1 is 1.21 bits per heavy atom. The maximum absolute atomic E-state index is 5.18. The molecule has 1 unspecified atom stereocenters. The summed E-state index contributed by atoms with van der Waals surface area (Å²) in [5.41, 5.74) is 1.39. The highest BCUT2D eigenvalue weighted by molar-refractivity contribution is 7.99. The van der Waals surface area contributed by atoms with E-state index in [1.165, 1.54) is 29.9 Å². The van der Waals surface area contributed by atoms with Crippen molar-refractivity contribution in [1.29, 1.82) is 0 Å². The van der Waals surface area contributed by atoms with E-state index in [4.69, 9.17) is 4.74 Å². The van der Waals surface area contributed by atoms with Gasteiger partial charge in [0.25, 0.3) is 0 Å². The molecular weight excluding hydrogens is 254 g/mol. The van der Waals surface area contributed by atoms with Crippen molar-refractivity contribution in [3.63, 3.8) is 0 Å². The Balaban J connectivity index is 2.36. The van der Waals surface area contributed by atoms with Crippen LogP contribution in [0.1, 0.15) is 32.3 Å². The number of aryl methyl sites for hydroxylation is 1. The van der Waals surface area contributed by atoms with Crippen LogP contribution in [0.15, 0.2) is 24.3 Å². The molecule has 108 valence electrons. The summed E-state index contributed by atoms with van der Waals surface area (Å²) in [7, 11) is 1.71. The molecule has 0 aromatic heterocycles. The Hall–Kier alpha value is -0.670. The highest BCUT2D eigenvalue weighted by atomic mass is 32.2. The Morgan fingerprint density at radius 3 is 2.53 bits per heavy atom. The summed E-state index contributed by atoms with van der Waals surface area (Å²) < 4.78 is 5.18. The molecule has 1 aromatic carbocycles. The Bertz CT molecular complexity index is 326. The topological polar surface area (TPSA) is 21.3 Å². The summed E-state index contributed by atoms with van der Waals surface area (Å²) in [5.74, 6) is 3.42. The van der Waals surface area contributed by atoms with Crippen LogP contribution in [0.25, 0.3) is 0 Å². The van der Waals surface area contributed by atoms with Gasteiger partial charge in [0.1, 0.15) is 5.75 Å². The van der Waals surface area contributed by atoms with E-state index in [1.54, 1.807) is 7.11 Å². The van der Waals surface area contributed by atoms with E-state index in [1.807, 2.05) is 12.1 Å². The minimum Gasteiger partial charge on any atom is -0.497 e. The molecule has 0 saturated carbocycles. The average Bonchev–Trinajstić information content (AvgIpc) is 2.45. The van der Waals surface area contributed by atoms with E-state index in [0.717, 1.165) is 18.7 Å². The van der Waals surface area contributed by atoms with Crippen LogP contribution in [0, 0.1) is 0 Å². The Morgan fingerprint density at radius 2 is 1.95 bits per heavy atom. The number of ether oxygens (including phenoxy) is 1. The number of hydrogen-bond acceptors (Lipinski definition) is 3. The van der Waals surface area contributed by atoms with Gasteiger partial charge in [-0.05, 0) is 49.3 Å². The monoisotopic (exact) mass is 281 g/mol. The number of benzene rings is 1. The molecule has 1 atom stereocenters. The minimum atomic E-state index is 0.628. The third-order valence-electron chi connectivity index (χ3n) is 3.10. The van der Waals surface area contributed by atoms with Crippen molar-refractivity contribution in [2.75, 3.05) is 25.2 Å². The molecule has 0 bridgehead atoms. The van der Waals surface area contributed by atoms with Gasteiger partial charge < -0.3 is 10.1 Å². The van der Waals surface area contributed by atoms with Crippen LogP contribution in [-0.4, -0.2) is 31.2 Å². The number of hydrogen-bond donors (Lipinski definition) is 1. The number of rotatable bonds is 10. The van der Waals surface area contributed by atoms with Gasteiger partial charge in [0.2, 0.25) is 0 Å². The van der Waals surface area contributed by atoms with E-state index >= 15 is 0 Å². The van der Waals surface area contributed by atoms with Crippen molar-refractivity contribution in [3.05, 3.63) is 29.8 Å². The van der Waals surface area contributed by atoms with Crippen LogP contribution in [0.5, 0.6) is 5.75 Å². The summed E-state index contributed by atoms with van der Waals surface area (Å²) in [6, 6.07) is 9.05. The third-order valence-corrected chi connectivity index (χ3v) is 4.44. The van der Waals surface area contributed by atoms with Crippen LogP contribution in [0.4, 0.5) is 0 Å². The second-order valence-corrected chi connectivity index (χ2v) is 5.87. The fraction of sp³-hybridized carbons (Fsp3) is 0.625. The van der Waals surface area contributed by atoms with Crippen molar-refractivity contribution >= 4 is 11.8 Å². The number of thioether (sulfide) groups is 1. The van der Waals surface area contributed by atoms with Gasteiger partial charge in [0.15, 0.2) is 0 Å².